The molecule has 1 aliphatic carbocycles. The molecule has 1 aromatic carbocycles. The number of amides is 3. The van der Waals surface area contributed by atoms with E-state index in [-0.39, 0.29) is 24.1 Å². The number of benzene rings is 1. The number of nitrogens with two attached hydrogens (primary N) is 1. The van der Waals surface area contributed by atoms with Crippen molar-refractivity contribution in [3.63, 3.8) is 0 Å². The Balaban J connectivity index is 1.48. The van der Waals surface area contributed by atoms with Crippen LogP contribution >= 0.6 is 0 Å². The van der Waals surface area contributed by atoms with Gasteiger partial charge in [0, 0.05) is 19.5 Å². The molecule has 3 rings (SSSR count). The molecule has 3 N–H and O–H groups in total. The lowest BCUT2D eigenvalue weighted by molar-refractivity contribution is -0.119. The highest BCUT2D eigenvalue weighted by Gasteiger charge is 2.32. The highest BCUT2D eigenvalue weighted by Crippen LogP contribution is 2.25. The zero-order chi connectivity index (χ0) is 17.6. The van der Waals surface area contributed by atoms with Crippen LogP contribution < -0.4 is 15.8 Å². The molecule has 1 saturated carbocycles. The van der Waals surface area contributed by atoms with Gasteiger partial charge in [0.25, 0.3) is 0 Å². The predicted octanol–water partition coefficient (Wildman–Crippen LogP) is 2.28. The number of likely N-dealkylation sites (tertiary alicyclic amines) is 1. The fraction of sp³-hybridized carbons (Fsp3) is 0.579. The Morgan fingerprint density at radius 1 is 1.12 bits per heavy atom. The summed E-state index contributed by atoms with van der Waals surface area (Å²) in [5.74, 6) is 0.901. The van der Waals surface area contributed by atoms with E-state index in [9.17, 15) is 9.59 Å². The van der Waals surface area contributed by atoms with Gasteiger partial charge in [-0.15, -0.1) is 0 Å². The van der Waals surface area contributed by atoms with Gasteiger partial charge in [-0.05, 0) is 50.2 Å². The molecular weight excluding hydrogens is 318 g/mol. The summed E-state index contributed by atoms with van der Waals surface area (Å²) in [6, 6.07) is 9.79. The molecular formula is C19H27N3O3. The predicted molar refractivity (Wildman–Crippen MR) is 95.1 cm³/mol. The van der Waals surface area contributed by atoms with E-state index in [1.807, 2.05) is 35.2 Å². The van der Waals surface area contributed by atoms with Gasteiger partial charge in [-0.3, -0.25) is 4.79 Å². The average Bonchev–Trinajstić information content (AvgIpc) is 3.02. The van der Waals surface area contributed by atoms with Gasteiger partial charge < -0.3 is 20.7 Å². The largest absolute Gasteiger partial charge is 0.488 e. The lowest BCUT2D eigenvalue weighted by Crippen LogP contribution is -2.50. The third kappa shape index (κ3) is 4.87. The number of hydrogen-bond donors (Lipinski definition) is 2. The SMILES string of the molecule is NC(=O)CC1CCN(C(=O)N[C@@H]2CCC[C@H]2Oc2ccccc2)CC1. The molecule has 0 spiro atoms. The first kappa shape index (κ1) is 17.6. The number of carbonyl (C=O) groups excluding carboxylic acids is 2. The van der Waals surface area contributed by atoms with Crippen molar-refractivity contribution < 1.29 is 14.3 Å². The Kier molecular flexibility index (Phi) is 5.79. The minimum Gasteiger partial charge on any atom is -0.488 e. The second kappa shape index (κ2) is 8.23. The van der Waals surface area contributed by atoms with Gasteiger partial charge in [0.2, 0.25) is 5.91 Å². The second-order valence-electron chi connectivity index (χ2n) is 7.06. The molecule has 2 atom stereocenters. The normalized spacial score (nSPS) is 24.1. The first-order valence-electron chi connectivity index (χ1n) is 9.17. The van der Waals surface area contributed by atoms with E-state index in [1.54, 1.807) is 0 Å². The van der Waals surface area contributed by atoms with Gasteiger partial charge in [0.15, 0.2) is 0 Å². The van der Waals surface area contributed by atoms with Gasteiger partial charge in [0.1, 0.15) is 11.9 Å². The molecule has 25 heavy (non-hydrogen) atoms. The number of urea groups is 1. The van der Waals surface area contributed by atoms with Crippen LogP contribution in [-0.2, 0) is 4.79 Å². The molecule has 136 valence electrons. The average molecular weight is 345 g/mol. The number of hydrogen-bond acceptors (Lipinski definition) is 3. The highest BCUT2D eigenvalue weighted by molar-refractivity contribution is 5.75. The summed E-state index contributed by atoms with van der Waals surface area (Å²) in [5.41, 5.74) is 5.26. The van der Waals surface area contributed by atoms with Crippen molar-refractivity contribution in [3.8, 4) is 5.75 Å². The molecule has 1 saturated heterocycles. The monoisotopic (exact) mass is 345 g/mol. The van der Waals surface area contributed by atoms with E-state index >= 15 is 0 Å². The van der Waals surface area contributed by atoms with Crippen LogP contribution in [0.15, 0.2) is 30.3 Å². The van der Waals surface area contributed by atoms with Crippen LogP contribution in [0.3, 0.4) is 0 Å². The second-order valence-corrected chi connectivity index (χ2v) is 7.06. The summed E-state index contributed by atoms with van der Waals surface area (Å²) < 4.78 is 6.05. The number of nitrogens with one attached hydrogen (secondary N) is 1. The van der Waals surface area contributed by atoms with Crippen LogP contribution in [0, 0.1) is 5.92 Å². The molecule has 0 unspecified atom stereocenters. The van der Waals surface area contributed by atoms with Crippen molar-refractivity contribution in [1.29, 1.82) is 0 Å². The van der Waals surface area contributed by atoms with Crippen LogP contribution in [0.4, 0.5) is 4.79 Å². The van der Waals surface area contributed by atoms with E-state index in [2.05, 4.69) is 5.32 Å². The number of rotatable bonds is 5. The Hall–Kier alpha value is -2.24. The number of para-hydroxylation sites is 1. The number of nitrogens with zero attached hydrogens (tertiary/aromatic N) is 1. The lowest BCUT2D eigenvalue weighted by Gasteiger charge is -2.33. The molecule has 1 heterocycles. The Bertz CT molecular complexity index is 585. The van der Waals surface area contributed by atoms with Crippen LogP contribution in [0.2, 0.25) is 0 Å². The fourth-order valence-electron chi connectivity index (χ4n) is 3.78. The Labute approximate surface area is 148 Å². The van der Waals surface area contributed by atoms with E-state index in [4.69, 9.17) is 10.5 Å². The summed E-state index contributed by atoms with van der Waals surface area (Å²) >= 11 is 0. The molecule has 2 aliphatic rings. The number of primary amides is 1. The third-order valence-electron chi connectivity index (χ3n) is 5.18. The van der Waals surface area contributed by atoms with E-state index < -0.39 is 0 Å². The first-order chi connectivity index (χ1) is 12.1. The van der Waals surface area contributed by atoms with Crippen molar-refractivity contribution in [2.75, 3.05) is 13.1 Å². The molecule has 6 nitrogen and oxygen atoms in total. The standard InChI is InChI=1S/C19H27N3O3/c20-18(23)13-14-9-11-22(12-10-14)19(24)21-16-7-4-8-17(16)25-15-5-2-1-3-6-15/h1-3,5-6,14,16-17H,4,7-13H2,(H2,20,23)(H,21,24)/t16-,17-/m1/s1. The molecule has 1 aromatic rings. The molecule has 6 heteroatoms. The zero-order valence-electron chi connectivity index (χ0n) is 14.5. The topological polar surface area (TPSA) is 84.7 Å². The van der Waals surface area contributed by atoms with Gasteiger partial charge in [0.05, 0.1) is 6.04 Å². The van der Waals surface area contributed by atoms with Crippen molar-refractivity contribution >= 4 is 11.9 Å². The summed E-state index contributed by atoms with van der Waals surface area (Å²) in [6.07, 6.45) is 5.09. The maximum Gasteiger partial charge on any atom is 0.317 e. The van der Waals surface area contributed by atoms with E-state index in [0.717, 1.165) is 37.9 Å². The minimum absolute atomic E-state index is 0.0221. The van der Waals surface area contributed by atoms with Gasteiger partial charge in [-0.2, -0.15) is 0 Å². The van der Waals surface area contributed by atoms with Crippen LogP contribution in [0.1, 0.15) is 38.5 Å². The number of piperidine rings is 1. The van der Waals surface area contributed by atoms with Crippen molar-refractivity contribution in [2.24, 2.45) is 11.7 Å². The van der Waals surface area contributed by atoms with Crippen molar-refractivity contribution in [1.82, 2.24) is 10.2 Å². The molecule has 3 amide bonds. The molecule has 2 fully saturated rings. The maximum absolute atomic E-state index is 12.5. The number of carbonyl (C=O) groups is 2. The molecule has 0 radical (unpaired) electrons. The van der Waals surface area contributed by atoms with Gasteiger partial charge in [-0.1, -0.05) is 18.2 Å². The summed E-state index contributed by atoms with van der Waals surface area (Å²) in [4.78, 5) is 25.4. The molecule has 1 aliphatic heterocycles. The quantitative estimate of drug-likeness (QED) is 0.858. The first-order valence-corrected chi connectivity index (χ1v) is 9.17. The summed E-state index contributed by atoms with van der Waals surface area (Å²) in [7, 11) is 0. The number of ether oxygens (including phenoxy) is 1. The summed E-state index contributed by atoms with van der Waals surface area (Å²) in [6.45, 7) is 1.36. The van der Waals surface area contributed by atoms with E-state index in [0.29, 0.717) is 25.4 Å². The fourth-order valence-corrected chi connectivity index (χ4v) is 3.78. The Morgan fingerprint density at radius 2 is 1.84 bits per heavy atom. The Morgan fingerprint density at radius 3 is 2.52 bits per heavy atom. The summed E-state index contributed by atoms with van der Waals surface area (Å²) in [5, 5.41) is 3.14. The third-order valence-corrected chi connectivity index (χ3v) is 5.18. The molecule has 0 aromatic heterocycles. The van der Waals surface area contributed by atoms with E-state index in [1.165, 1.54) is 0 Å². The van der Waals surface area contributed by atoms with Crippen molar-refractivity contribution in [3.05, 3.63) is 30.3 Å². The molecule has 0 bridgehead atoms. The highest BCUT2D eigenvalue weighted by atomic mass is 16.5. The van der Waals surface area contributed by atoms with Crippen molar-refractivity contribution in [2.45, 2.75) is 50.7 Å². The van der Waals surface area contributed by atoms with Crippen LogP contribution in [-0.4, -0.2) is 42.1 Å². The minimum atomic E-state index is -0.255. The van der Waals surface area contributed by atoms with Crippen LogP contribution in [0.25, 0.3) is 0 Å². The zero-order valence-corrected chi connectivity index (χ0v) is 14.5. The maximum atomic E-state index is 12.5. The lowest BCUT2D eigenvalue weighted by atomic mass is 9.93. The van der Waals surface area contributed by atoms with Gasteiger partial charge in [-0.25, -0.2) is 4.79 Å². The van der Waals surface area contributed by atoms with Crippen LogP contribution in [0.5, 0.6) is 5.75 Å². The van der Waals surface area contributed by atoms with Gasteiger partial charge >= 0.3 is 6.03 Å². The smallest absolute Gasteiger partial charge is 0.317 e.